The zero-order valence-corrected chi connectivity index (χ0v) is 25.6. The fourth-order valence-electron chi connectivity index (χ4n) is 7.47. The van der Waals surface area contributed by atoms with Crippen molar-refractivity contribution in [2.75, 3.05) is 4.90 Å². The predicted molar refractivity (Wildman–Crippen MR) is 187 cm³/mol. The van der Waals surface area contributed by atoms with Gasteiger partial charge in [-0.15, -0.1) is 0 Å². The van der Waals surface area contributed by atoms with Crippen molar-refractivity contribution in [3.8, 4) is 11.3 Å². The molecule has 0 aliphatic carbocycles. The first-order valence-corrected chi connectivity index (χ1v) is 15.7. The van der Waals surface area contributed by atoms with E-state index in [9.17, 15) is 0 Å². The van der Waals surface area contributed by atoms with Crippen LogP contribution in [0.1, 0.15) is 25.1 Å². The Morgan fingerprint density at radius 3 is 2.32 bits per heavy atom. The van der Waals surface area contributed by atoms with Crippen molar-refractivity contribution in [3.05, 3.63) is 133 Å². The molecule has 0 fully saturated rings. The summed E-state index contributed by atoms with van der Waals surface area (Å²) in [6.07, 6.45) is 9.32. The zero-order chi connectivity index (χ0) is 31.3. The van der Waals surface area contributed by atoms with Gasteiger partial charge < -0.3 is 4.42 Å². The normalized spacial score (nSPS) is 13.9. The molecule has 0 saturated carbocycles. The highest BCUT2D eigenvalue weighted by Gasteiger charge is 2.42. The average molecular weight is 607 g/mol. The maximum absolute atomic E-state index is 6.81. The first-order valence-electron chi connectivity index (χ1n) is 15.7. The quantitative estimate of drug-likeness (QED) is 0.181. The number of fused-ring (bicyclic) bond motifs is 12. The molecule has 0 amide bonds. The van der Waals surface area contributed by atoms with Crippen LogP contribution < -0.4 is 4.90 Å². The van der Waals surface area contributed by atoms with Gasteiger partial charge >= 0.3 is 0 Å². The highest BCUT2D eigenvalue weighted by molar-refractivity contribution is 6.25. The molecule has 0 radical (unpaired) electrons. The van der Waals surface area contributed by atoms with Gasteiger partial charge in [-0.05, 0) is 79.4 Å². The van der Waals surface area contributed by atoms with Crippen molar-refractivity contribution in [2.45, 2.75) is 19.3 Å². The number of rotatable bonds is 2. The van der Waals surface area contributed by atoms with Gasteiger partial charge in [0.05, 0.1) is 33.8 Å². The minimum absolute atomic E-state index is 0.446. The Bertz CT molecular complexity index is 2730. The maximum atomic E-state index is 6.81. The number of hydrogen-bond acceptors (Lipinski definition) is 7. The van der Waals surface area contributed by atoms with Gasteiger partial charge in [-0.2, -0.15) is 0 Å². The minimum atomic E-state index is -0.446. The van der Waals surface area contributed by atoms with E-state index in [1.54, 1.807) is 6.20 Å². The molecule has 0 N–H and O–H groups in total. The Kier molecular flexibility index (Phi) is 5.21. The van der Waals surface area contributed by atoms with E-state index in [1.807, 2.05) is 61.2 Å². The van der Waals surface area contributed by atoms with Crippen molar-refractivity contribution in [1.82, 2.24) is 24.9 Å². The van der Waals surface area contributed by atoms with Crippen LogP contribution >= 0.6 is 0 Å². The summed E-state index contributed by atoms with van der Waals surface area (Å²) in [5, 5.41) is 6.32. The predicted octanol–water partition coefficient (Wildman–Crippen LogP) is 9.80. The zero-order valence-electron chi connectivity index (χ0n) is 25.6. The van der Waals surface area contributed by atoms with Crippen molar-refractivity contribution < 1.29 is 4.42 Å². The second kappa shape index (κ2) is 9.40. The number of furan rings is 1. The minimum Gasteiger partial charge on any atom is -0.454 e. The number of para-hydroxylation sites is 1. The molecule has 1 aliphatic heterocycles. The molecule has 0 unspecified atom stereocenters. The molecule has 9 aromatic rings. The van der Waals surface area contributed by atoms with Crippen LogP contribution in [-0.4, -0.2) is 24.9 Å². The third kappa shape index (κ3) is 3.59. The van der Waals surface area contributed by atoms with Crippen molar-refractivity contribution in [3.63, 3.8) is 0 Å². The molecule has 1 aliphatic rings. The van der Waals surface area contributed by atoms with Crippen molar-refractivity contribution in [1.29, 1.82) is 0 Å². The molecule has 7 heterocycles. The Morgan fingerprint density at radius 2 is 1.45 bits per heavy atom. The van der Waals surface area contributed by atoms with Crippen molar-refractivity contribution in [2.24, 2.45) is 0 Å². The SMILES string of the molecule is CC1(C)c2ncccc2N(c2ccc3ccc4ccc(-c5cccnc5)nc4c3n2)c2c1c1ccncc1c1c2oc2ccccc21. The number of nitrogens with zero attached hydrogens (tertiary/aromatic N) is 6. The molecule has 0 saturated heterocycles. The van der Waals surface area contributed by atoms with Crippen LogP contribution in [0.15, 0.2) is 126 Å². The van der Waals surface area contributed by atoms with Gasteiger partial charge in [0.2, 0.25) is 0 Å². The lowest BCUT2D eigenvalue weighted by Gasteiger charge is -2.41. The van der Waals surface area contributed by atoms with Gasteiger partial charge in [-0.3, -0.25) is 19.9 Å². The van der Waals surface area contributed by atoms with Crippen LogP contribution in [0.5, 0.6) is 0 Å². The first kappa shape index (κ1) is 26.1. The Labute approximate surface area is 269 Å². The van der Waals surface area contributed by atoms with E-state index in [4.69, 9.17) is 19.4 Å². The molecule has 6 aromatic heterocycles. The largest absolute Gasteiger partial charge is 0.454 e. The highest BCUT2D eigenvalue weighted by Crippen LogP contribution is 2.57. The summed E-state index contributed by atoms with van der Waals surface area (Å²) < 4.78 is 6.81. The molecule has 47 heavy (non-hydrogen) atoms. The van der Waals surface area contributed by atoms with Gasteiger partial charge in [0.15, 0.2) is 5.58 Å². The van der Waals surface area contributed by atoms with E-state index in [2.05, 4.69) is 83.3 Å². The lowest BCUT2D eigenvalue weighted by Crippen LogP contribution is -2.32. The van der Waals surface area contributed by atoms with Gasteiger partial charge in [0, 0.05) is 68.9 Å². The van der Waals surface area contributed by atoms with E-state index in [1.165, 1.54) is 0 Å². The molecule has 0 spiro atoms. The molecule has 7 nitrogen and oxygen atoms in total. The van der Waals surface area contributed by atoms with Crippen molar-refractivity contribution >= 4 is 71.7 Å². The summed E-state index contributed by atoms with van der Waals surface area (Å²) >= 11 is 0. The molecule has 0 atom stereocenters. The second-order valence-electron chi connectivity index (χ2n) is 12.6. The third-order valence-corrected chi connectivity index (χ3v) is 9.57. The topological polar surface area (TPSA) is 80.8 Å². The molecule has 0 bridgehead atoms. The molecule has 3 aromatic carbocycles. The third-order valence-electron chi connectivity index (χ3n) is 9.57. The molecular formula is C40H26N6O. The molecular weight excluding hydrogens is 580 g/mol. The Hall–Kier alpha value is -6.21. The molecule has 7 heteroatoms. The van der Waals surface area contributed by atoms with Gasteiger partial charge in [0.25, 0.3) is 0 Å². The smallest absolute Gasteiger partial charge is 0.160 e. The van der Waals surface area contributed by atoms with Crippen LogP contribution in [0, 0.1) is 0 Å². The molecule has 222 valence electrons. The van der Waals surface area contributed by atoms with E-state index in [-0.39, 0.29) is 0 Å². The maximum Gasteiger partial charge on any atom is 0.160 e. The van der Waals surface area contributed by atoms with Gasteiger partial charge in [-0.1, -0.05) is 36.4 Å². The number of benzene rings is 3. The summed E-state index contributed by atoms with van der Waals surface area (Å²) in [6, 6.07) is 31.0. The van der Waals surface area contributed by atoms with Crippen LogP contribution in [0.2, 0.25) is 0 Å². The number of hydrogen-bond donors (Lipinski definition) is 0. The van der Waals surface area contributed by atoms with Crippen LogP contribution in [0.3, 0.4) is 0 Å². The lowest BCUT2D eigenvalue weighted by atomic mass is 9.74. The van der Waals surface area contributed by atoms with E-state index >= 15 is 0 Å². The summed E-state index contributed by atoms with van der Waals surface area (Å²) in [5.41, 5.74) is 8.72. The van der Waals surface area contributed by atoms with Gasteiger partial charge in [-0.25, -0.2) is 9.97 Å². The molecule has 10 rings (SSSR count). The monoisotopic (exact) mass is 606 g/mol. The second-order valence-corrected chi connectivity index (χ2v) is 12.6. The van der Waals surface area contributed by atoms with E-state index in [0.717, 1.165) is 94.2 Å². The fraction of sp³-hybridized carbons (Fsp3) is 0.0750. The lowest BCUT2D eigenvalue weighted by molar-refractivity contribution is 0.608. The van der Waals surface area contributed by atoms with Gasteiger partial charge in [0.1, 0.15) is 11.4 Å². The summed E-state index contributed by atoms with van der Waals surface area (Å²) in [6.45, 7) is 4.49. The summed E-state index contributed by atoms with van der Waals surface area (Å²) in [7, 11) is 0. The highest BCUT2D eigenvalue weighted by atomic mass is 16.3. The summed E-state index contributed by atoms with van der Waals surface area (Å²) in [5.74, 6) is 0.764. The van der Waals surface area contributed by atoms with E-state index in [0.29, 0.717) is 0 Å². The first-order chi connectivity index (χ1) is 23.1. The van der Waals surface area contributed by atoms with Crippen LogP contribution in [0.4, 0.5) is 17.2 Å². The fourth-order valence-corrected chi connectivity index (χ4v) is 7.47. The number of anilines is 3. The van der Waals surface area contributed by atoms with E-state index < -0.39 is 5.41 Å². The Morgan fingerprint density at radius 1 is 0.660 bits per heavy atom. The van der Waals surface area contributed by atoms with Crippen LogP contribution in [-0.2, 0) is 5.41 Å². The van der Waals surface area contributed by atoms with Crippen LogP contribution in [0.25, 0.3) is 65.8 Å². The average Bonchev–Trinajstić information content (AvgIpc) is 3.52. The standard InChI is InChI=1S/C40H26N6O/c1-40(2)34-26-17-20-42-22-28(26)33-27-8-3-4-10-31(27)47-38(33)37(34)46(30-9-6-19-43-39(30)40)32-16-14-24-12-11-23-13-15-29(25-7-5-18-41-21-25)44-35(23)36(24)45-32/h3-22H,1-2H3. The number of aromatic nitrogens is 5. The number of pyridine rings is 5. The summed E-state index contributed by atoms with van der Waals surface area (Å²) in [4.78, 5) is 26.7. The Balaban J connectivity index is 1.33.